The maximum Gasteiger partial charge on any atom is 0.226 e. The number of benzene rings is 2. The Bertz CT molecular complexity index is 902. The number of H-pyrrole nitrogens is 1. The van der Waals surface area contributed by atoms with Crippen molar-refractivity contribution >= 4 is 16.9 Å². The molecular weight excluding hydrogens is 330 g/mol. The van der Waals surface area contributed by atoms with Gasteiger partial charge in [0.15, 0.2) is 11.5 Å². The molecule has 134 valence electrons. The highest BCUT2D eigenvalue weighted by molar-refractivity contribution is 5.80. The second kappa shape index (κ2) is 7.07. The van der Waals surface area contributed by atoms with Crippen LogP contribution in [0, 0.1) is 5.92 Å². The van der Waals surface area contributed by atoms with Crippen molar-refractivity contribution in [1.82, 2.24) is 15.3 Å². The summed E-state index contributed by atoms with van der Waals surface area (Å²) in [6, 6.07) is 13.7. The number of para-hydroxylation sites is 3. The molecule has 0 spiro atoms. The first-order valence-corrected chi connectivity index (χ1v) is 8.74. The molecule has 2 heterocycles. The Kier molecular flexibility index (Phi) is 4.48. The summed E-state index contributed by atoms with van der Waals surface area (Å²) in [6.07, 6.45) is 1.32. The fourth-order valence-electron chi connectivity index (χ4n) is 3.30. The molecule has 0 radical (unpaired) electrons. The predicted molar refractivity (Wildman–Crippen MR) is 98.5 cm³/mol. The highest BCUT2D eigenvalue weighted by Gasteiger charge is 2.27. The standard InChI is InChI=1S/C20H21N3O3/c1-25-17-8-4-5-13-11-14(12-26-19(13)17)20(24)21-10-9-18-22-15-6-2-3-7-16(15)23-18/h2-8,14H,9-12H2,1H3,(H,21,24)(H,22,23)/t14-/m1/s1. The third-order valence-electron chi connectivity index (χ3n) is 4.65. The van der Waals surface area contributed by atoms with Crippen molar-refractivity contribution in [3.63, 3.8) is 0 Å². The number of hydrogen-bond acceptors (Lipinski definition) is 4. The van der Waals surface area contributed by atoms with E-state index in [1.54, 1.807) is 7.11 Å². The molecule has 6 nitrogen and oxygen atoms in total. The molecule has 0 fully saturated rings. The Morgan fingerprint density at radius 2 is 2.19 bits per heavy atom. The van der Waals surface area contributed by atoms with E-state index in [1.807, 2.05) is 42.5 Å². The predicted octanol–water partition coefficient (Wildman–Crippen LogP) is 2.48. The summed E-state index contributed by atoms with van der Waals surface area (Å²) in [5, 5.41) is 2.99. The molecule has 26 heavy (non-hydrogen) atoms. The average molecular weight is 351 g/mol. The van der Waals surface area contributed by atoms with Crippen LogP contribution >= 0.6 is 0 Å². The molecule has 0 saturated carbocycles. The monoisotopic (exact) mass is 351 g/mol. The second-order valence-electron chi connectivity index (χ2n) is 6.40. The van der Waals surface area contributed by atoms with Crippen molar-refractivity contribution in [2.24, 2.45) is 5.92 Å². The van der Waals surface area contributed by atoms with Gasteiger partial charge in [-0.15, -0.1) is 0 Å². The summed E-state index contributed by atoms with van der Waals surface area (Å²) >= 11 is 0. The number of nitrogens with zero attached hydrogens (tertiary/aromatic N) is 1. The first kappa shape index (κ1) is 16.4. The minimum atomic E-state index is -0.190. The lowest BCUT2D eigenvalue weighted by molar-refractivity contribution is -0.126. The lowest BCUT2D eigenvalue weighted by Gasteiger charge is -2.25. The lowest BCUT2D eigenvalue weighted by Crippen LogP contribution is -2.38. The Labute approximate surface area is 151 Å². The van der Waals surface area contributed by atoms with Crippen molar-refractivity contribution in [3.05, 3.63) is 53.9 Å². The summed E-state index contributed by atoms with van der Waals surface area (Å²) in [5.41, 5.74) is 2.97. The van der Waals surface area contributed by atoms with Gasteiger partial charge in [0.1, 0.15) is 12.4 Å². The smallest absolute Gasteiger partial charge is 0.226 e. The Morgan fingerprint density at radius 3 is 3.04 bits per heavy atom. The van der Waals surface area contributed by atoms with E-state index in [2.05, 4.69) is 15.3 Å². The molecule has 0 bridgehead atoms. The highest BCUT2D eigenvalue weighted by Crippen LogP contribution is 2.35. The second-order valence-corrected chi connectivity index (χ2v) is 6.40. The quantitative estimate of drug-likeness (QED) is 0.740. The maximum atomic E-state index is 12.5. The van der Waals surface area contributed by atoms with Crippen molar-refractivity contribution < 1.29 is 14.3 Å². The van der Waals surface area contributed by atoms with Gasteiger partial charge in [-0.25, -0.2) is 4.98 Å². The number of nitrogens with one attached hydrogen (secondary N) is 2. The Balaban J connectivity index is 1.33. The molecule has 0 unspecified atom stereocenters. The number of aromatic amines is 1. The average Bonchev–Trinajstić information content (AvgIpc) is 3.09. The zero-order chi connectivity index (χ0) is 17.9. The number of rotatable bonds is 5. The number of aromatic nitrogens is 2. The molecule has 4 rings (SSSR count). The van der Waals surface area contributed by atoms with Gasteiger partial charge >= 0.3 is 0 Å². The fourth-order valence-corrected chi connectivity index (χ4v) is 3.30. The molecule has 1 aliphatic rings. The van der Waals surface area contributed by atoms with Gasteiger partial charge in [0.05, 0.1) is 24.1 Å². The van der Waals surface area contributed by atoms with Gasteiger partial charge in [-0.1, -0.05) is 24.3 Å². The van der Waals surface area contributed by atoms with Gasteiger partial charge in [0.25, 0.3) is 0 Å². The molecule has 1 aromatic heterocycles. The number of carbonyl (C=O) groups excluding carboxylic acids is 1. The zero-order valence-corrected chi connectivity index (χ0v) is 14.6. The molecule has 1 atom stereocenters. The van der Waals surface area contributed by atoms with Crippen molar-refractivity contribution in [1.29, 1.82) is 0 Å². The molecule has 3 aromatic rings. The van der Waals surface area contributed by atoms with Gasteiger partial charge in [-0.3, -0.25) is 4.79 Å². The van der Waals surface area contributed by atoms with Gasteiger partial charge in [0.2, 0.25) is 5.91 Å². The molecular formula is C20H21N3O3. The SMILES string of the molecule is COc1cccc2c1OC[C@H](C(=O)NCCc1nc3ccccc3[nH]1)C2. The summed E-state index contributed by atoms with van der Waals surface area (Å²) in [5.74, 6) is 2.16. The molecule has 6 heteroatoms. The van der Waals surface area contributed by atoms with Crippen LogP contribution in [-0.4, -0.2) is 36.1 Å². The Hall–Kier alpha value is -3.02. The minimum absolute atomic E-state index is 0.00887. The number of imidazole rings is 1. The first-order chi connectivity index (χ1) is 12.7. The number of carbonyl (C=O) groups is 1. The van der Waals surface area contributed by atoms with Crippen LogP contribution < -0.4 is 14.8 Å². The van der Waals surface area contributed by atoms with Crippen molar-refractivity contribution in [2.45, 2.75) is 12.8 Å². The van der Waals surface area contributed by atoms with E-state index < -0.39 is 0 Å². The van der Waals surface area contributed by atoms with Crippen LogP contribution in [0.5, 0.6) is 11.5 Å². The maximum absolute atomic E-state index is 12.5. The summed E-state index contributed by atoms with van der Waals surface area (Å²) in [4.78, 5) is 20.3. The molecule has 1 amide bonds. The van der Waals surface area contributed by atoms with Crippen LogP contribution in [0.1, 0.15) is 11.4 Å². The molecule has 0 saturated heterocycles. The van der Waals surface area contributed by atoms with Crippen LogP contribution in [0.3, 0.4) is 0 Å². The molecule has 2 aromatic carbocycles. The van der Waals surface area contributed by atoms with Crippen LogP contribution in [0.25, 0.3) is 11.0 Å². The van der Waals surface area contributed by atoms with E-state index in [0.717, 1.165) is 28.2 Å². The largest absolute Gasteiger partial charge is 0.493 e. The summed E-state index contributed by atoms with van der Waals surface area (Å²) in [7, 11) is 1.62. The topological polar surface area (TPSA) is 76.2 Å². The van der Waals surface area contributed by atoms with Gasteiger partial charge in [0, 0.05) is 13.0 Å². The van der Waals surface area contributed by atoms with Crippen molar-refractivity contribution in [3.8, 4) is 11.5 Å². The zero-order valence-electron chi connectivity index (χ0n) is 14.6. The summed E-state index contributed by atoms with van der Waals surface area (Å²) in [6.45, 7) is 0.907. The molecule has 2 N–H and O–H groups in total. The van der Waals surface area contributed by atoms with E-state index in [9.17, 15) is 4.79 Å². The van der Waals surface area contributed by atoms with Gasteiger partial charge < -0.3 is 19.8 Å². The number of methoxy groups -OCH3 is 1. The first-order valence-electron chi connectivity index (χ1n) is 8.74. The minimum Gasteiger partial charge on any atom is -0.493 e. The van der Waals surface area contributed by atoms with E-state index in [0.29, 0.717) is 31.7 Å². The molecule has 1 aliphatic heterocycles. The van der Waals surface area contributed by atoms with E-state index >= 15 is 0 Å². The Morgan fingerprint density at radius 1 is 1.31 bits per heavy atom. The van der Waals surface area contributed by atoms with Crippen LogP contribution in [0.4, 0.5) is 0 Å². The fraction of sp³-hybridized carbons (Fsp3) is 0.300. The highest BCUT2D eigenvalue weighted by atomic mass is 16.5. The molecule has 0 aliphatic carbocycles. The van der Waals surface area contributed by atoms with Crippen LogP contribution in [0.15, 0.2) is 42.5 Å². The normalized spacial score (nSPS) is 16.0. The lowest BCUT2D eigenvalue weighted by atomic mass is 9.95. The third kappa shape index (κ3) is 3.22. The van der Waals surface area contributed by atoms with Crippen LogP contribution in [0.2, 0.25) is 0 Å². The number of ether oxygens (including phenoxy) is 2. The van der Waals surface area contributed by atoms with E-state index in [1.165, 1.54) is 0 Å². The van der Waals surface area contributed by atoms with Gasteiger partial charge in [-0.05, 0) is 30.2 Å². The summed E-state index contributed by atoms with van der Waals surface area (Å²) < 4.78 is 11.1. The van der Waals surface area contributed by atoms with E-state index in [-0.39, 0.29) is 11.8 Å². The number of hydrogen-bond donors (Lipinski definition) is 2. The van der Waals surface area contributed by atoms with Gasteiger partial charge in [-0.2, -0.15) is 0 Å². The van der Waals surface area contributed by atoms with E-state index in [4.69, 9.17) is 9.47 Å². The third-order valence-corrected chi connectivity index (χ3v) is 4.65. The van der Waals surface area contributed by atoms with Crippen molar-refractivity contribution in [2.75, 3.05) is 20.3 Å². The number of amides is 1. The number of fused-ring (bicyclic) bond motifs is 2. The van der Waals surface area contributed by atoms with Crippen LogP contribution in [-0.2, 0) is 17.6 Å².